The topological polar surface area (TPSA) is 55.1 Å². The van der Waals surface area contributed by atoms with Gasteiger partial charge < -0.3 is 11.1 Å². The highest BCUT2D eigenvalue weighted by Gasteiger charge is 2.15. The van der Waals surface area contributed by atoms with Crippen molar-refractivity contribution >= 4 is 60.5 Å². The summed E-state index contributed by atoms with van der Waals surface area (Å²) in [6, 6.07) is 5.54. The van der Waals surface area contributed by atoms with Crippen molar-refractivity contribution in [3.8, 4) is 0 Å². The Morgan fingerprint density at radius 3 is 2.47 bits per heavy atom. The molecule has 0 aliphatic carbocycles. The summed E-state index contributed by atoms with van der Waals surface area (Å²) in [5.41, 5.74) is 9.89. The number of anilines is 2. The lowest BCUT2D eigenvalue weighted by atomic mass is 10.1. The van der Waals surface area contributed by atoms with Gasteiger partial charge in [0.2, 0.25) is 0 Å². The molecule has 100 valence electrons. The van der Waals surface area contributed by atoms with E-state index in [0.717, 1.165) is 24.4 Å². The zero-order valence-electron chi connectivity index (χ0n) is 10.4. The number of hydrogen-bond donors (Lipinski definition) is 2. The van der Waals surface area contributed by atoms with E-state index < -0.39 is 0 Å². The summed E-state index contributed by atoms with van der Waals surface area (Å²) in [6.45, 7) is 3.89. The maximum atomic E-state index is 12.2. The van der Waals surface area contributed by atoms with Crippen LogP contribution in [-0.2, 0) is 0 Å². The lowest BCUT2D eigenvalue weighted by Crippen LogP contribution is -2.13. The maximum absolute atomic E-state index is 12.2. The van der Waals surface area contributed by atoms with E-state index in [1.807, 2.05) is 19.9 Å². The molecule has 0 spiro atoms. The van der Waals surface area contributed by atoms with Crippen molar-refractivity contribution in [3.05, 3.63) is 42.5 Å². The maximum Gasteiger partial charge on any atom is 0.257 e. The minimum atomic E-state index is -0.153. The van der Waals surface area contributed by atoms with Gasteiger partial charge >= 0.3 is 0 Å². The minimum absolute atomic E-state index is 0.153. The van der Waals surface area contributed by atoms with E-state index in [-0.39, 0.29) is 5.91 Å². The molecule has 0 fully saturated rings. The number of amides is 1. The highest BCUT2D eigenvalue weighted by molar-refractivity contribution is 9.12. The van der Waals surface area contributed by atoms with Crippen molar-refractivity contribution < 1.29 is 4.79 Å². The third-order valence-corrected chi connectivity index (χ3v) is 5.10. The summed E-state index contributed by atoms with van der Waals surface area (Å²) in [6.07, 6.45) is 0. The van der Waals surface area contributed by atoms with E-state index in [9.17, 15) is 4.79 Å². The number of rotatable bonds is 2. The molecule has 0 saturated carbocycles. The van der Waals surface area contributed by atoms with Gasteiger partial charge in [0.05, 0.1) is 13.1 Å². The van der Waals surface area contributed by atoms with Gasteiger partial charge in [0.25, 0.3) is 5.91 Å². The summed E-state index contributed by atoms with van der Waals surface area (Å²) in [4.78, 5) is 12.2. The first-order valence-electron chi connectivity index (χ1n) is 5.51. The van der Waals surface area contributed by atoms with Crippen molar-refractivity contribution in [1.29, 1.82) is 0 Å². The van der Waals surface area contributed by atoms with Crippen LogP contribution in [0.5, 0.6) is 0 Å². The normalized spacial score (nSPS) is 10.5. The molecule has 3 nitrogen and oxygen atoms in total. The quantitative estimate of drug-likeness (QED) is 0.712. The lowest BCUT2D eigenvalue weighted by molar-refractivity contribution is 0.102. The predicted molar refractivity (Wildman–Crippen MR) is 88.0 cm³/mol. The van der Waals surface area contributed by atoms with Gasteiger partial charge in [0.1, 0.15) is 0 Å². The number of aryl methyl sites for hydroxylation is 2. The first kappa shape index (κ1) is 14.6. The van der Waals surface area contributed by atoms with Crippen molar-refractivity contribution in [2.75, 3.05) is 11.1 Å². The SMILES string of the molecule is Cc1cc(C)c(NC(=O)c2cc(Br)sc2Br)cc1N. The van der Waals surface area contributed by atoms with Crippen LogP contribution in [0.2, 0.25) is 0 Å². The van der Waals surface area contributed by atoms with Crippen LogP contribution in [0.15, 0.2) is 25.8 Å². The number of nitrogen functional groups attached to an aromatic ring is 1. The average Bonchev–Trinajstić information content (AvgIpc) is 2.65. The second-order valence-electron chi connectivity index (χ2n) is 4.22. The van der Waals surface area contributed by atoms with E-state index in [1.165, 1.54) is 11.3 Å². The van der Waals surface area contributed by atoms with Crippen LogP contribution in [0.4, 0.5) is 11.4 Å². The highest BCUT2D eigenvalue weighted by Crippen LogP contribution is 2.32. The van der Waals surface area contributed by atoms with Crippen LogP contribution < -0.4 is 11.1 Å². The van der Waals surface area contributed by atoms with E-state index in [1.54, 1.807) is 12.1 Å². The van der Waals surface area contributed by atoms with Crippen molar-refractivity contribution in [2.24, 2.45) is 0 Å². The molecule has 0 aliphatic heterocycles. The molecule has 1 aromatic carbocycles. The number of carbonyl (C=O) groups is 1. The summed E-state index contributed by atoms with van der Waals surface area (Å²) in [7, 11) is 0. The summed E-state index contributed by atoms with van der Waals surface area (Å²) in [5.74, 6) is -0.153. The second kappa shape index (κ2) is 5.64. The van der Waals surface area contributed by atoms with Crippen LogP contribution in [0.3, 0.4) is 0 Å². The van der Waals surface area contributed by atoms with Gasteiger partial charge in [0.15, 0.2) is 0 Å². The number of nitrogens with two attached hydrogens (primary N) is 1. The third-order valence-electron chi connectivity index (χ3n) is 2.76. The highest BCUT2D eigenvalue weighted by atomic mass is 79.9. The Kier molecular flexibility index (Phi) is 4.32. The largest absolute Gasteiger partial charge is 0.398 e. The number of carbonyl (C=O) groups excluding carboxylic acids is 1. The average molecular weight is 404 g/mol. The molecule has 2 aromatic rings. The molecular formula is C13H12Br2N2OS. The lowest BCUT2D eigenvalue weighted by Gasteiger charge is -2.10. The zero-order valence-corrected chi connectivity index (χ0v) is 14.4. The third kappa shape index (κ3) is 3.19. The number of benzene rings is 1. The van der Waals surface area contributed by atoms with Crippen LogP contribution in [0, 0.1) is 13.8 Å². The number of thiophene rings is 1. The molecule has 2 rings (SSSR count). The standard InChI is InChI=1S/C13H12Br2N2OS/c1-6-3-7(2)10(5-9(6)16)17-13(18)8-4-11(14)19-12(8)15/h3-5H,16H2,1-2H3,(H,17,18). The summed E-state index contributed by atoms with van der Waals surface area (Å²) < 4.78 is 1.71. The first-order chi connectivity index (χ1) is 8.88. The molecular weight excluding hydrogens is 392 g/mol. The first-order valence-corrected chi connectivity index (χ1v) is 7.91. The number of nitrogens with one attached hydrogen (secondary N) is 1. The van der Waals surface area contributed by atoms with Crippen LogP contribution in [0.1, 0.15) is 21.5 Å². The fourth-order valence-corrected chi connectivity index (χ4v) is 4.48. The van der Waals surface area contributed by atoms with Gasteiger partial charge in [0, 0.05) is 11.4 Å². The molecule has 19 heavy (non-hydrogen) atoms. The van der Waals surface area contributed by atoms with Crippen LogP contribution in [0.25, 0.3) is 0 Å². The van der Waals surface area contributed by atoms with E-state index >= 15 is 0 Å². The van der Waals surface area contributed by atoms with Gasteiger partial charge in [-0.2, -0.15) is 0 Å². The van der Waals surface area contributed by atoms with Gasteiger partial charge in [-0.15, -0.1) is 11.3 Å². The van der Waals surface area contributed by atoms with E-state index in [4.69, 9.17) is 5.73 Å². The van der Waals surface area contributed by atoms with Gasteiger partial charge in [-0.25, -0.2) is 0 Å². The van der Waals surface area contributed by atoms with Crippen molar-refractivity contribution in [3.63, 3.8) is 0 Å². The Labute approximate surface area is 132 Å². The van der Waals surface area contributed by atoms with Gasteiger partial charge in [-0.05, 0) is 69.0 Å². The molecule has 0 atom stereocenters. The van der Waals surface area contributed by atoms with Crippen LogP contribution >= 0.6 is 43.2 Å². The Balaban J connectivity index is 2.29. The monoisotopic (exact) mass is 402 g/mol. The Hall–Kier alpha value is -0.850. The number of halogens is 2. The molecule has 0 aliphatic rings. The Bertz CT molecular complexity index is 652. The molecule has 0 saturated heterocycles. The summed E-state index contributed by atoms with van der Waals surface area (Å²) in [5, 5.41) is 2.89. The molecule has 0 radical (unpaired) electrons. The van der Waals surface area contributed by atoms with E-state index in [2.05, 4.69) is 37.2 Å². The van der Waals surface area contributed by atoms with Gasteiger partial charge in [-0.3, -0.25) is 4.79 Å². The number of hydrogen-bond acceptors (Lipinski definition) is 3. The molecule has 6 heteroatoms. The minimum Gasteiger partial charge on any atom is -0.398 e. The molecule has 1 heterocycles. The van der Waals surface area contributed by atoms with Crippen molar-refractivity contribution in [2.45, 2.75) is 13.8 Å². The molecule has 1 aromatic heterocycles. The molecule has 3 N–H and O–H groups in total. The summed E-state index contributed by atoms with van der Waals surface area (Å²) >= 11 is 8.21. The van der Waals surface area contributed by atoms with Gasteiger partial charge in [-0.1, -0.05) is 6.07 Å². The Morgan fingerprint density at radius 2 is 1.89 bits per heavy atom. The smallest absolute Gasteiger partial charge is 0.257 e. The molecule has 0 unspecified atom stereocenters. The second-order valence-corrected chi connectivity index (χ2v) is 7.97. The Morgan fingerprint density at radius 1 is 1.21 bits per heavy atom. The van der Waals surface area contributed by atoms with Crippen LogP contribution in [-0.4, -0.2) is 5.91 Å². The molecule has 0 bridgehead atoms. The van der Waals surface area contributed by atoms with E-state index in [0.29, 0.717) is 11.3 Å². The fourth-order valence-electron chi connectivity index (χ4n) is 1.69. The fraction of sp³-hybridized carbons (Fsp3) is 0.154. The van der Waals surface area contributed by atoms with Crippen molar-refractivity contribution in [1.82, 2.24) is 0 Å². The predicted octanol–water partition coefficient (Wildman–Crippen LogP) is 4.72. The zero-order chi connectivity index (χ0) is 14.2. The molecule has 1 amide bonds.